The summed E-state index contributed by atoms with van der Waals surface area (Å²) in [6, 6.07) is 7.78. The lowest BCUT2D eigenvalue weighted by atomic mass is 10.3. The highest BCUT2D eigenvalue weighted by molar-refractivity contribution is 7.99. The number of rotatable bonds is 3. The molecule has 3 rings (SSSR count). The fourth-order valence-corrected chi connectivity index (χ4v) is 2.80. The molecule has 0 atom stereocenters. The van der Waals surface area contributed by atoms with Gasteiger partial charge in [-0.25, -0.2) is 9.97 Å². The van der Waals surface area contributed by atoms with E-state index in [4.69, 9.17) is 10.5 Å². The molecule has 0 unspecified atom stereocenters. The van der Waals surface area contributed by atoms with Gasteiger partial charge in [-0.1, -0.05) is 23.9 Å². The number of hydrogen-bond acceptors (Lipinski definition) is 5. The largest absolute Gasteiger partial charge is 0.496 e. The first kappa shape index (κ1) is 11.9. The van der Waals surface area contributed by atoms with Crippen LogP contribution in [-0.4, -0.2) is 21.5 Å². The average Bonchev–Trinajstić information content (AvgIpc) is 2.87. The van der Waals surface area contributed by atoms with E-state index in [1.54, 1.807) is 19.5 Å². The fraction of sp³-hybridized carbons (Fsp3) is 0.0769. The van der Waals surface area contributed by atoms with Gasteiger partial charge in [-0.15, -0.1) is 0 Å². The zero-order valence-electron chi connectivity index (χ0n) is 10.3. The predicted molar refractivity (Wildman–Crippen MR) is 74.5 cm³/mol. The van der Waals surface area contributed by atoms with Crippen molar-refractivity contribution < 1.29 is 4.74 Å². The number of anilines is 1. The first-order valence-electron chi connectivity index (χ1n) is 5.68. The van der Waals surface area contributed by atoms with E-state index in [1.807, 2.05) is 34.9 Å². The van der Waals surface area contributed by atoms with Crippen LogP contribution in [0.15, 0.2) is 52.8 Å². The van der Waals surface area contributed by atoms with Crippen LogP contribution in [0.2, 0.25) is 0 Å². The highest BCUT2D eigenvalue weighted by Crippen LogP contribution is 2.35. The molecule has 0 fully saturated rings. The lowest BCUT2D eigenvalue weighted by Gasteiger charge is -2.08. The fourth-order valence-electron chi connectivity index (χ4n) is 1.80. The van der Waals surface area contributed by atoms with E-state index in [2.05, 4.69) is 9.97 Å². The molecule has 2 aromatic heterocycles. The van der Waals surface area contributed by atoms with E-state index in [-0.39, 0.29) is 0 Å². The number of methoxy groups -OCH3 is 1. The Hall–Kier alpha value is -2.21. The molecule has 0 saturated carbocycles. The molecule has 19 heavy (non-hydrogen) atoms. The van der Waals surface area contributed by atoms with Gasteiger partial charge in [-0.3, -0.25) is 0 Å². The summed E-state index contributed by atoms with van der Waals surface area (Å²) in [4.78, 5) is 9.62. The van der Waals surface area contributed by atoms with Crippen LogP contribution < -0.4 is 10.5 Å². The number of nitrogen functional groups attached to an aromatic ring is 1. The Bertz CT molecular complexity index is 725. The summed E-state index contributed by atoms with van der Waals surface area (Å²) < 4.78 is 7.20. The SMILES string of the molecule is COc1ccccc1Sc1nc(N)cn2ccnc12. The molecule has 2 heterocycles. The van der Waals surface area contributed by atoms with Crippen molar-refractivity contribution in [3.63, 3.8) is 0 Å². The van der Waals surface area contributed by atoms with Gasteiger partial charge in [0, 0.05) is 12.4 Å². The molecule has 1 aromatic carbocycles. The highest BCUT2D eigenvalue weighted by atomic mass is 32.2. The summed E-state index contributed by atoms with van der Waals surface area (Å²) in [5.41, 5.74) is 6.59. The molecule has 6 heteroatoms. The maximum Gasteiger partial charge on any atom is 0.170 e. The van der Waals surface area contributed by atoms with Gasteiger partial charge in [-0.05, 0) is 12.1 Å². The molecule has 0 amide bonds. The number of aromatic nitrogens is 3. The zero-order valence-corrected chi connectivity index (χ0v) is 11.1. The maximum atomic E-state index is 5.80. The van der Waals surface area contributed by atoms with E-state index in [0.29, 0.717) is 5.82 Å². The van der Waals surface area contributed by atoms with Crippen molar-refractivity contribution in [2.45, 2.75) is 9.92 Å². The third kappa shape index (κ3) is 2.22. The van der Waals surface area contributed by atoms with Gasteiger partial charge in [0.05, 0.1) is 18.2 Å². The molecular weight excluding hydrogens is 260 g/mol. The zero-order chi connectivity index (χ0) is 13.2. The number of hydrogen-bond donors (Lipinski definition) is 1. The normalized spacial score (nSPS) is 10.8. The van der Waals surface area contributed by atoms with E-state index in [0.717, 1.165) is 21.3 Å². The van der Waals surface area contributed by atoms with E-state index < -0.39 is 0 Å². The van der Waals surface area contributed by atoms with Gasteiger partial charge in [0.1, 0.15) is 16.6 Å². The molecule has 0 radical (unpaired) electrons. The standard InChI is InChI=1S/C13H12N4OS/c1-18-9-4-2-3-5-10(9)19-13-12-15-6-7-17(12)8-11(14)16-13/h2-8H,14H2,1H3. The highest BCUT2D eigenvalue weighted by Gasteiger charge is 2.11. The second-order valence-electron chi connectivity index (χ2n) is 3.88. The Morgan fingerprint density at radius 1 is 1.32 bits per heavy atom. The van der Waals surface area contributed by atoms with Crippen molar-refractivity contribution in [3.8, 4) is 5.75 Å². The van der Waals surface area contributed by atoms with E-state index in [9.17, 15) is 0 Å². The van der Waals surface area contributed by atoms with Crippen molar-refractivity contribution in [3.05, 3.63) is 42.9 Å². The van der Waals surface area contributed by atoms with Crippen LogP contribution in [0.25, 0.3) is 5.65 Å². The maximum absolute atomic E-state index is 5.80. The molecule has 0 aliphatic rings. The number of para-hydroxylation sites is 1. The Balaban J connectivity index is 2.07. The van der Waals surface area contributed by atoms with Gasteiger partial charge >= 0.3 is 0 Å². The van der Waals surface area contributed by atoms with Crippen LogP contribution in [0.3, 0.4) is 0 Å². The first-order valence-corrected chi connectivity index (χ1v) is 6.49. The molecule has 0 spiro atoms. The van der Waals surface area contributed by atoms with Crippen molar-refractivity contribution in [1.82, 2.24) is 14.4 Å². The number of ether oxygens (including phenoxy) is 1. The molecule has 0 aliphatic heterocycles. The first-order chi connectivity index (χ1) is 9.28. The molecule has 96 valence electrons. The van der Waals surface area contributed by atoms with Crippen LogP contribution in [-0.2, 0) is 0 Å². The minimum atomic E-state index is 0.461. The second kappa shape index (κ2) is 4.81. The van der Waals surface area contributed by atoms with Crippen molar-refractivity contribution >= 4 is 23.2 Å². The Labute approximate surface area is 114 Å². The van der Waals surface area contributed by atoms with Crippen molar-refractivity contribution in [2.75, 3.05) is 12.8 Å². The van der Waals surface area contributed by atoms with Gasteiger partial charge in [0.15, 0.2) is 5.65 Å². The predicted octanol–water partition coefficient (Wildman–Crippen LogP) is 2.47. The minimum absolute atomic E-state index is 0.461. The summed E-state index contributed by atoms with van der Waals surface area (Å²) in [5.74, 6) is 1.27. The van der Waals surface area contributed by atoms with Crippen molar-refractivity contribution in [2.24, 2.45) is 0 Å². The Kier molecular flexibility index (Phi) is 3.00. The lowest BCUT2D eigenvalue weighted by molar-refractivity contribution is 0.405. The van der Waals surface area contributed by atoms with Gasteiger partial charge in [0.2, 0.25) is 0 Å². The smallest absolute Gasteiger partial charge is 0.170 e. The average molecular weight is 272 g/mol. The molecule has 5 nitrogen and oxygen atoms in total. The topological polar surface area (TPSA) is 65.4 Å². The Morgan fingerprint density at radius 2 is 2.16 bits per heavy atom. The van der Waals surface area contributed by atoms with Gasteiger partial charge in [-0.2, -0.15) is 0 Å². The van der Waals surface area contributed by atoms with Crippen LogP contribution in [0.1, 0.15) is 0 Å². The quantitative estimate of drug-likeness (QED) is 0.793. The number of fused-ring (bicyclic) bond motifs is 1. The summed E-state index contributed by atoms with van der Waals surface area (Å²) in [6.07, 6.45) is 5.32. The van der Waals surface area contributed by atoms with Gasteiger partial charge in [0.25, 0.3) is 0 Å². The monoisotopic (exact) mass is 272 g/mol. The number of imidazole rings is 1. The van der Waals surface area contributed by atoms with E-state index in [1.165, 1.54) is 11.8 Å². The van der Waals surface area contributed by atoms with Crippen LogP contribution in [0.4, 0.5) is 5.82 Å². The number of nitrogens with zero attached hydrogens (tertiary/aromatic N) is 3. The lowest BCUT2D eigenvalue weighted by Crippen LogP contribution is -1.97. The molecular formula is C13H12N4OS. The summed E-state index contributed by atoms with van der Waals surface area (Å²) >= 11 is 1.49. The molecule has 0 saturated heterocycles. The van der Waals surface area contributed by atoms with Crippen LogP contribution in [0.5, 0.6) is 5.75 Å². The summed E-state index contributed by atoms with van der Waals surface area (Å²) in [7, 11) is 1.65. The summed E-state index contributed by atoms with van der Waals surface area (Å²) in [6.45, 7) is 0. The number of benzene rings is 1. The second-order valence-corrected chi connectivity index (χ2v) is 4.91. The minimum Gasteiger partial charge on any atom is -0.496 e. The third-order valence-electron chi connectivity index (χ3n) is 2.64. The molecule has 0 bridgehead atoms. The molecule has 2 N–H and O–H groups in total. The number of nitrogens with two attached hydrogens (primary N) is 1. The molecule has 3 aromatic rings. The summed E-state index contributed by atoms with van der Waals surface area (Å²) in [5, 5.41) is 0.759. The third-order valence-corrected chi connectivity index (χ3v) is 3.66. The van der Waals surface area contributed by atoms with Crippen LogP contribution in [0, 0.1) is 0 Å². The van der Waals surface area contributed by atoms with Crippen molar-refractivity contribution in [1.29, 1.82) is 0 Å². The van der Waals surface area contributed by atoms with E-state index >= 15 is 0 Å². The van der Waals surface area contributed by atoms with Crippen LogP contribution >= 0.6 is 11.8 Å². The molecule has 0 aliphatic carbocycles. The van der Waals surface area contributed by atoms with Gasteiger partial charge < -0.3 is 14.9 Å². The Morgan fingerprint density at radius 3 is 3.00 bits per heavy atom.